The highest BCUT2D eigenvalue weighted by atomic mass is 127. The fraction of sp³-hybridized carbons (Fsp3) is 0.588. The molecule has 0 spiro atoms. The second-order valence-corrected chi connectivity index (χ2v) is 8.13. The maximum Gasteiger partial charge on any atom is 0.252 e. The molecule has 1 aromatic carbocycles. The first-order chi connectivity index (χ1) is 9.88. The highest BCUT2D eigenvalue weighted by Gasteiger charge is 2.32. The van der Waals surface area contributed by atoms with Crippen LogP contribution in [0, 0.1) is 21.3 Å². The number of hydrogen-bond donors (Lipinski definition) is 1. The van der Waals surface area contributed by atoms with Crippen molar-refractivity contribution in [3.8, 4) is 0 Å². The predicted molar refractivity (Wildman–Crippen MR) is 96.8 cm³/mol. The molecule has 116 valence electrons. The van der Waals surface area contributed by atoms with E-state index in [0.29, 0.717) is 28.3 Å². The van der Waals surface area contributed by atoms with Crippen LogP contribution in [0.3, 0.4) is 0 Å². The zero-order chi connectivity index (χ0) is 15.6. The maximum atomic E-state index is 12.6. The van der Waals surface area contributed by atoms with Gasteiger partial charge in [0.25, 0.3) is 5.91 Å². The van der Waals surface area contributed by atoms with Crippen molar-refractivity contribution in [3.63, 3.8) is 0 Å². The lowest BCUT2D eigenvalue weighted by atomic mass is 9.74. The van der Waals surface area contributed by atoms with E-state index >= 15 is 0 Å². The van der Waals surface area contributed by atoms with Crippen molar-refractivity contribution < 1.29 is 4.79 Å². The molecule has 3 atom stereocenters. The van der Waals surface area contributed by atoms with Gasteiger partial charge in [-0.3, -0.25) is 4.79 Å². The van der Waals surface area contributed by atoms with E-state index in [1.165, 1.54) is 12.8 Å². The normalized spacial score (nSPS) is 25.9. The second kappa shape index (κ2) is 7.32. The molecule has 1 amide bonds. The number of rotatable bonds is 3. The molecule has 1 aliphatic rings. The molecular formula is C17H23ClINO. The van der Waals surface area contributed by atoms with Crippen molar-refractivity contribution >= 4 is 40.1 Å². The van der Waals surface area contributed by atoms with E-state index < -0.39 is 0 Å². The van der Waals surface area contributed by atoms with E-state index in [1.807, 2.05) is 12.1 Å². The van der Waals surface area contributed by atoms with Gasteiger partial charge >= 0.3 is 0 Å². The molecule has 0 saturated heterocycles. The summed E-state index contributed by atoms with van der Waals surface area (Å²) in [6.45, 7) is 6.78. The average Bonchev–Trinajstić information content (AvgIpc) is 2.41. The Kier molecular flexibility index (Phi) is 5.95. The van der Waals surface area contributed by atoms with Crippen LogP contribution in [-0.4, -0.2) is 11.9 Å². The molecule has 0 radical (unpaired) electrons. The van der Waals surface area contributed by atoms with Crippen molar-refractivity contribution in [2.75, 3.05) is 0 Å². The fourth-order valence-corrected chi connectivity index (χ4v) is 4.04. The van der Waals surface area contributed by atoms with Crippen molar-refractivity contribution in [3.05, 3.63) is 32.4 Å². The minimum Gasteiger partial charge on any atom is -0.349 e. The Hall–Kier alpha value is -0.290. The third kappa shape index (κ3) is 4.35. The number of carbonyl (C=O) groups is 1. The lowest BCUT2D eigenvalue weighted by molar-refractivity contribution is 0.0867. The van der Waals surface area contributed by atoms with Gasteiger partial charge in [-0.2, -0.15) is 0 Å². The summed E-state index contributed by atoms with van der Waals surface area (Å²) in [5, 5.41) is 3.87. The molecule has 1 aliphatic carbocycles. The first-order valence-electron chi connectivity index (χ1n) is 7.64. The smallest absolute Gasteiger partial charge is 0.252 e. The molecular weight excluding hydrogens is 397 g/mol. The number of benzene rings is 1. The summed E-state index contributed by atoms with van der Waals surface area (Å²) in [5.41, 5.74) is 0.684. The third-order valence-electron chi connectivity index (χ3n) is 4.51. The Morgan fingerprint density at radius 1 is 1.38 bits per heavy atom. The molecule has 0 aromatic heterocycles. The molecule has 4 heteroatoms. The molecule has 1 saturated carbocycles. The molecule has 21 heavy (non-hydrogen) atoms. The Morgan fingerprint density at radius 2 is 2.10 bits per heavy atom. The highest BCUT2D eigenvalue weighted by Crippen LogP contribution is 2.33. The summed E-state index contributed by atoms with van der Waals surface area (Å²) in [6.07, 6.45) is 3.55. The van der Waals surface area contributed by atoms with Gasteiger partial charge in [0.15, 0.2) is 0 Å². The van der Waals surface area contributed by atoms with Gasteiger partial charge in [-0.1, -0.05) is 38.8 Å². The molecule has 0 heterocycles. The molecule has 1 fully saturated rings. The average molecular weight is 420 g/mol. The van der Waals surface area contributed by atoms with Crippen LogP contribution in [0.2, 0.25) is 5.02 Å². The van der Waals surface area contributed by atoms with Gasteiger partial charge < -0.3 is 5.32 Å². The highest BCUT2D eigenvalue weighted by molar-refractivity contribution is 14.1. The van der Waals surface area contributed by atoms with Crippen molar-refractivity contribution in [2.45, 2.75) is 46.1 Å². The van der Waals surface area contributed by atoms with Crippen LogP contribution in [0.25, 0.3) is 0 Å². The fourth-order valence-electron chi connectivity index (χ4n) is 3.29. The van der Waals surface area contributed by atoms with Crippen molar-refractivity contribution in [1.29, 1.82) is 0 Å². The number of nitrogens with one attached hydrogen (secondary N) is 1. The SMILES string of the molecule is CC1CCC(C(C)C)C(NC(=O)c2cc(Cl)ccc2I)C1. The molecule has 3 unspecified atom stereocenters. The van der Waals surface area contributed by atoms with E-state index in [-0.39, 0.29) is 11.9 Å². The third-order valence-corrected chi connectivity index (χ3v) is 5.69. The van der Waals surface area contributed by atoms with Crippen molar-refractivity contribution in [1.82, 2.24) is 5.32 Å². The second-order valence-electron chi connectivity index (χ2n) is 6.53. The number of hydrogen-bond acceptors (Lipinski definition) is 1. The monoisotopic (exact) mass is 419 g/mol. The Labute approximate surface area is 146 Å². The van der Waals surface area contributed by atoms with Crippen LogP contribution in [-0.2, 0) is 0 Å². The molecule has 2 rings (SSSR count). The van der Waals surface area contributed by atoms with Crippen LogP contribution in [0.5, 0.6) is 0 Å². The Morgan fingerprint density at radius 3 is 2.76 bits per heavy atom. The van der Waals surface area contributed by atoms with Gasteiger partial charge in [-0.15, -0.1) is 0 Å². The van der Waals surface area contributed by atoms with Crippen LogP contribution in [0.1, 0.15) is 50.4 Å². The lowest BCUT2D eigenvalue weighted by Gasteiger charge is -2.37. The van der Waals surface area contributed by atoms with Gasteiger partial charge in [0.05, 0.1) is 5.56 Å². The topological polar surface area (TPSA) is 29.1 Å². The largest absolute Gasteiger partial charge is 0.349 e. The van der Waals surface area contributed by atoms with E-state index in [0.717, 1.165) is 9.99 Å². The van der Waals surface area contributed by atoms with Gasteiger partial charge in [-0.05, 0) is 71.4 Å². The van der Waals surface area contributed by atoms with Crippen LogP contribution >= 0.6 is 34.2 Å². The molecule has 0 bridgehead atoms. The molecule has 1 aromatic rings. The summed E-state index contributed by atoms with van der Waals surface area (Å²) >= 11 is 8.21. The zero-order valence-electron chi connectivity index (χ0n) is 12.8. The predicted octanol–water partition coefficient (Wildman–Crippen LogP) is 5.14. The first kappa shape index (κ1) is 17.1. The summed E-state index contributed by atoms with van der Waals surface area (Å²) in [4.78, 5) is 12.6. The summed E-state index contributed by atoms with van der Waals surface area (Å²) < 4.78 is 0.944. The quantitative estimate of drug-likeness (QED) is 0.676. The molecule has 0 aliphatic heterocycles. The number of carbonyl (C=O) groups excluding carboxylic acids is 1. The zero-order valence-corrected chi connectivity index (χ0v) is 15.7. The number of amides is 1. The molecule has 2 nitrogen and oxygen atoms in total. The minimum atomic E-state index is 0.00616. The van der Waals surface area contributed by atoms with E-state index in [2.05, 4.69) is 48.7 Å². The lowest BCUT2D eigenvalue weighted by Crippen LogP contribution is -2.45. The van der Waals surface area contributed by atoms with Crippen molar-refractivity contribution in [2.24, 2.45) is 17.8 Å². The van der Waals surface area contributed by atoms with Crippen LogP contribution in [0.4, 0.5) is 0 Å². The van der Waals surface area contributed by atoms with Gasteiger partial charge in [0, 0.05) is 14.6 Å². The van der Waals surface area contributed by atoms with E-state index in [9.17, 15) is 4.79 Å². The van der Waals surface area contributed by atoms with E-state index in [4.69, 9.17) is 11.6 Å². The first-order valence-corrected chi connectivity index (χ1v) is 9.10. The van der Waals surface area contributed by atoms with Gasteiger partial charge in [-0.25, -0.2) is 0 Å². The van der Waals surface area contributed by atoms with Crippen LogP contribution in [0.15, 0.2) is 18.2 Å². The Balaban J connectivity index is 2.14. The van der Waals surface area contributed by atoms with E-state index in [1.54, 1.807) is 6.07 Å². The maximum absolute atomic E-state index is 12.6. The minimum absolute atomic E-state index is 0.00616. The summed E-state index contributed by atoms with van der Waals surface area (Å²) in [5.74, 6) is 1.86. The number of halogens is 2. The summed E-state index contributed by atoms with van der Waals surface area (Å²) in [6, 6.07) is 5.74. The van der Waals surface area contributed by atoms with Gasteiger partial charge in [0.1, 0.15) is 0 Å². The standard InChI is InChI=1S/C17H23ClINO/c1-10(2)13-6-4-11(3)8-16(13)20-17(21)14-9-12(18)5-7-15(14)19/h5,7,9-11,13,16H,4,6,8H2,1-3H3,(H,20,21). The summed E-state index contributed by atoms with van der Waals surface area (Å²) in [7, 11) is 0. The van der Waals surface area contributed by atoms with Gasteiger partial charge in [0.2, 0.25) is 0 Å². The van der Waals surface area contributed by atoms with Crippen LogP contribution < -0.4 is 5.32 Å². The molecule has 1 N–H and O–H groups in total. The Bertz CT molecular complexity index is 518.